The first-order valence-corrected chi connectivity index (χ1v) is 9.79. The number of likely N-dealkylation sites (tertiary alicyclic amines) is 1. The third kappa shape index (κ3) is 5.25. The lowest BCUT2D eigenvalue weighted by atomic mass is 9.86. The fourth-order valence-electron chi connectivity index (χ4n) is 3.79. The largest absolute Gasteiger partial charge is 0.493 e. The normalized spacial score (nSPS) is 20.4. The van der Waals surface area contributed by atoms with Gasteiger partial charge in [-0.15, -0.1) is 0 Å². The molecule has 2 aliphatic rings. The molecule has 1 aliphatic heterocycles. The number of benzene rings is 1. The van der Waals surface area contributed by atoms with E-state index in [1.807, 2.05) is 12.1 Å². The molecule has 0 saturated carbocycles. The zero-order chi connectivity index (χ0) is 19.9. The second kappa shape index (κ2) is 9.59. The van der Waals surface area contributed by atoms with Gasteiger partial charge in [-0.25, -0.2) is 10.3 Å². The smallest absolute Gasteiger partial charge is 0.407 e. The molecule has 1 atom stereocenters. The molecule has 0 radical (unpaired) electrons. The van der Waals surface area contributed by atoms with Crippen molar-refractivity contribution in [1.29, 1.82) is 0 Å². The topological polar surface area (TPSA) is 88.1 Å². The average Bonchev–Trinajstić information content (AvgIpc) is 2.73. The van der Waals surface area contributed by atoms with Crippen molar-refractivity contribution in [3.63, 3.8) is 0 Å². The molecule has 1 fully saturated rings. The quantitative estimate of drug-likeness (QED) is 0.730. The van der Waals surface area contributed by atoms with Crippen molar-refractivity contribution >= 4 is 17.6 Å². The molecule has 2 amide bonds. The summed E-state index contributed by atoms with van der Waals surface area (Å²) < 4.78 is 5.91. The average molecular weight is 388 g/mol. The summed E-state index contributed by atoms with van der Waals surface area (Å²) in [6.45, 7) is 1.78. The predicted molar refractivity (Wildman–Crippen MR) is 105 cm³/mol. The zero-order valence-electron chi connectivity index (χ0n) is 16.2. The molecule has 0 aromatic heterocycles. The van der Waals surface area contributed by atoms with Gasteiger partial charge in [0.25, 0.3) is 0 Å². The number of ether oxygens (including phenoxy) is 1. The third-order valence-corrected chi connectivity index (χ3v) is 5.58. The van der Waals surface area contributed by atoms with Gasteiger partial charge in [0.2, 0.25) is 5.91 Å². The van der Waals surface area contributed by atoms with Crippen LogP contribution in [0.1, 0.15) is 37.7 Å². The Hall–Kier alpha value is -2.54. The van der Waals surface area contributed by atoms with Crippen LogP contribution < -0.4 is 10.2 Å². The molecular weight excluding hydrogens is 360 g/mol. The lowest BCUT2D eigenvalue weighted by Crippen LogP contribution is -2.38. The fourth-order valence-corrected chi connectivity index (χ4v) is 3.79. The van der Waals surface area contributed by atoms with Gasteiger partial charge in [0, 0.05) is 19.0 Å². The summed E-state index contributed by atoms with van der Waals surface area (Å²) >= 11 is 0. The van der Waals surface area contributed by atoms with Crippen molar-refractivity contribution in [2.45, 2.75) is 32.1 Å². The predicted octanol–water partition coefficient (Wildman–Crippen LogP) is 3.32. The van der Waals surface area contributed by atoms with Gasteiger partial charge >= 0.3 is 6.09 Å². The van der Waals surface area contributed by atoms with Gasteiger partial charge in [-0.05, 0) is 61.3 Å². The number of carbonyl (C=O) groups excluding carboxylic acids is 1. The number of carbonyl (C=O) groups is 2. The van der Waals surface area contributed by atoms with Crippen molar-refractivity contribution in [3.05, 3.63) is 35.9 Å². The summed E-state index contributed by atoms with van der Waals surface area (Å²) in [6, 6.07) is 8.08. The summed E-state index contributed by atoms with van der Waals surface area (Å²) in [6.07, 6.45) is 5.38. The first-order chi connectivity index (χ1) is 13.6. The maximum atomic E-state index is 11.8. The summed E-state index contributed by atoms with van der Waals surface area (Å²) in [5, 5.41) is 9.00. The van der Waals surface area contributed by atoms with Crippen LogP contribution in [0.2, 0.25) is 0 Å². The fraction of sp³-hybridized carbons (Fsp3) is 0.524. The number of hydroxylamine groups is 1. The van der Waals surface area contributed by atoms with Gasteiger partial charge in [0.05, 0.1) is 13.7 Å². The van der Waals surface area contributed by atoms with Gasteiger partial charge < -0.3 is 14.7 Å². The molecule has 7 nitrogen and oxygen atoms in total. The van der Waals surface area contributed by atoms with Crippen molar-refractivity contribution in [2.75, 3.05) is 26.8 Å². The van der Waals surface area contributed by atoms with E-state index < -0.39 is 6.09 Å². The Balaban J connectivity index is 1.47. The van der Waals surface area contributed by atoms with E-state index in [2.05, 4.69) is 23.7 Å². The van der Waals surface area contributed by atoms with Gasteiger partial charge in [-0.3, -0.25) is 9.63 Å². The van der Waals surface area contributed by atoms with Gasteiger partial charge in [-0.2, -0.15) is 0 Å². The van der Waals surface area contributed by atoms with Crippen LogP contribution in [0.15, 0.2) is 30.3 Å². The Bertz CT molecular complexity index is 708. The van der Waals surface area contributed by atoms with Gasteiger partial charge in [-0.1, -0.05) is 18.2 Å². The molecule has 2 N–H and O–H groups in total. The van der Waals surface area contributed by atoms with Crippen LogP contribution in [0.5, 0.6) is 5.75 Å². The molecule has 0 spiro atoms. The molecule has 1 aromatic carbocycles. The Morgan fingerprint density at radius 2 is 1.89 bits per heavy atom. The first-order valence-electron chi connectivity index (χ1n) is 9.79. The van der Waals surface area contributed by atoms with E-state index >= 15 is 0 Å². The Kier molecular flexibility index (Phi) is 6.92. The van der Waals surface area contributed by atoms with Crippen LogP contribution in [-0.4, -0.2) is 48.8 Å². The van der Waals surface area contributed by atoms with Crippen LogP contribution in [0, 0.1) is 11.8 Å². The lowest BCUT2D eigenvalue weighted by molar-refractivity contribution is -0.135. The minimum Gasteiger partial charge on any atom is -0.493 e. The molecule has 1 unspecified atom stereocenters. The number of hydrogen-bond acceptors (Lipinski definition) is 4. The molecule has 3 rings (SSSR count). The van der Waals surface area contributed by atoms with Crippen LogP contribution in [0.3, 0.4) is 0 Å². The number of piperidine rings is 1. The van der Waals surface area contributed by atoms with E-state index in [-0.39, 0.29) is 11.8 Å². The van der Waals surface area contributed by atoms with Gasteiger partial charge in [0.15, 0.2) is 0 Å². The second-order valence-corrected chi connectivity index (χ2v) is 7.42. The van der Waals surface area contributed by atoms with Crippen molar-refractivity contribution in [2.24, 2.45) is 11.8 Å². The molecular formula is C21H28N2O5. The van der Waals surface area contributed by atoms with E-state index in [4.69, 9.17) is 14.7 Å². The van der Waals surface area contributed by atoms with Crippen LogP contribution in [0.25, 0.3) is 5.57 Å². The number of rotatable bonds is 6. The zero-order valence-corrected chi connectivity index (χ0v) is 16.2. The summed E-state index contributed by atoms with van der Waals surface area (Å²) in [7, 11) is 1.45. The highest BCUT2D eigenvalue weighted by Crippen LogP contribution is 2.31. The Labute approximate surface area is 165 Å². The summed E-state index contributed by atoms with van der Waals surface area (Å²) in [5.74, 6) is 1.14. The molecule has 152 valence electrons. The summed E-state index contributed by atoms with van der Waals surface area (Å²) in [4.78, 5) is 28.9. The highest BCUT2D eigenvalue weighted by Gasteiger charge is 2.23. The van der Waals surface area contributed by atoms with E-state index in [1.165, 1.54) is 17.6 Å². The number of carboxylic acid groups (broad SMARTS) is 1. The first kappa shape index (κ1) is 20.2. The van der Waals surface area contributed by atoms with E-state index in [1.54, 1.807) is 0 Å². The van der Waals surface area contributed by atoms with E-state index in [0.29, 0.717) is 25.6 Å². The number of nitrogens with one attached hydrogen (secondary N) is 1. The molecule has 7 heteroatoms. The lowest BCUT2D eigenvalue weighted by Gasteiger charge is -2.29. The Morgan fingerprint density at radius 3 is 2.46 bits per heavy atom. The molecule has 1 aromatic rings. The molecule has 0 bridgehead atoms. The van der Waals surface area contributed by atoms with Crippen molar-refractivity contribution < 1.29 is 24.3 Å². The molecule has 1 aliphatic carbocycles. The minimum absolute atomic E-state index is 0.0288. The number of hydrogen-bond donors (Lipinski definition) is 2. The standard InChI is InChI=1S/C21H28N2O5/c1-27-22-20(24)18-4-2-16(3-5-18)17-6-8-19(9-7-17)28-14-15-10-12-23(13-11-15)21(25)26/h2,6-9,15,18H,3-5,10-14H2,1H3,(H,22,24)(H,25,26). The SMILES string of the molecule is CONC(=O)C1CC=C(c2ccc(OCC3CCN(C(=O)O)CC3)cc2)CC1. The van der Waals surface area contributed by atoms with Crippen molar-refractivity contribution in [3.8, 4) is 5.75 Å². The highest BCUT2D eigenvalue weighted by atomic mass is 16.6. The van der Waals surface area contributed by atoms with Crippen LogP contribution in [0.4, 0.5) is 4.79 Å². The number of nitrogens with zero attached hydrogens (tertiary/aromatic N) is 1. The van der Waals surface area contributed by atoms with E-state index in [0.717, 1.165) is 43.4 Å². The molecule has 1 saturated heterocycles. The molecule has 28 heavy (non-hydrogen) atoms. The third-order valence-electron chi connectivity index (χ3n) is 5.58. The second-order valence-electron chi connectivity index (χ2n) is 7.42. The van der Waals surface area contributed by atoms with E-state index in [9.17, 15) is 9.59 Å². The highest BCUT2D eigenvalue weighted by molar-refractivity contribution is 5.79. The maximum Gasteiger partial charge on any atom is 0.407 e. The van der Waals surface area contributed by atoms with Crippen LogP contribution >= 0.6 is 0 Å². The van der Waals surface area contributed by atoms with Gasteiger partial charge in [0.1, 0.15) is 5.75 Å². The van der Waals surface area contributed by atoms with Crippen LogP contribution in [-0.2, 0) is 9.63 Å². The van der Waals surface area contributed by atoms with Crippen molar-refractivity contribution in [1.82, 2.24) is 10.4 Å². The summed E-state index contributed by atoms with van der Waals surface area (Å²) in [5.41, 5.74) is 4.83. The number of amides is 2. The minimum atomic E-state index is -0.836. The molecule has 1 heterocycles. The number of allylic oxidation sites excluding steroid dienone is 2. The monoisotopic (exact) mass is 388 g/mol. The Morgan fingerprint density at radius 1 is 1.18 bits per heavy atom. The maximum absolute atomic E-state index is 11.8.